The Balaban J connectivity index is 1.89. The fraction of sp³-hybridized carbons (Fsp3) is 0.500. The molecule has 4 nitrogen and oxygen atoms in total. The van der Waals surface area contributed by atoms with Crippen molar-refractivity contribution in [1.82, 2.24) is 0 Å². The van der Waals surface area contributed by atoms with Crippen molar-refractivity contribution in [2.45, 2.75) is 45.4 Å². The minimum atomic E-state index is -0.519. The van der Waals surface area contributed by atoms with Crippen LogP contribution in [-0.2, 0) is 9.59 Å². The van der Waals surface area contributed by atoms with E-state index in [1.807, 2.05) is 0 Å². The van der Waals surface area contributed by atoms with Crippen LogP contribution in [0.3, 0.4) is 0 Å². The molecule has 0 aliphatic heterocycles. The van der Waals surface area contributed by atoms with Gasteiger partial charge in [-0.2, -0.15) is 0 Å². The lowest BCUT2D eigenvalue weighted by Gasteiger charge is -2.11. The Kier molecular flexibility index (Phi) is 5.31. The molecule has 2 amide bonds. The van der Waals surface area contributed by atoms with E-state index in [1.165, 1.54) is 50.8 Å². The summed E-state index contributed by atoms with van der Waals surface area (Å²) in [7, 11) is 0. The van der Waals surface area contributed by atoms with Crippen LogP contribution in [0, 0.1) is 11.7 Å². The highest BCUT2D eigenvalue weighted by Crippen LogP contribution is 2.28. The topological polar surface area (TPSA) is 58.2 Å². The predicted octanol–water partition coefficient (Wildman–Crippen LogP) is 3.69. The molecule has 0 unspecified atom stereocenters. The minimum Gasteiger partial charge on any atom is -0.326 e. The molecule has 2 rings (SSSR count). The molecule has 2 N–H and O–H groups in total. The van der Waals surface area contributed by atoms with Crippen LogP contribution in [-0.4, -0.2) is 11.8 Å². The normalized spacial score (nSPS) is 15.0. The Bertz CT molecular complexity index is 525. The van der Waals surface area contributed by atoms with E-state index in [0.29, 0.717) is 18.0 Å². The van der Waals surface area contributed by atoms with Gasteiger partial charge in [0.2, 0.25) is 11.8 Å². The van der Waals surface area contributed by atoms with E-state index >= 15 is 0 Å². The van der Waals surface area contributed by atoms with Gasteiger partial charge in [-0.05, 0) is 30.5 Å². The Hall–Kier alpha value is -1.91. The molecule has 1 fully saturated rings. The average Bonchev–Trinajstić information content (AvgIpc) is 2.93. The Morgan fingerprint density at radius 2 is 1.95 bits per heavy atom. The van der Waals surface area contributed by atoms with E-state index in [9.17, 15) is 14.0 Å². The van der Waals surface area contributed by atoms with Crippen molar-refractivity contribution < 1.29 is 14.0 Å². The predicted molar refractivity (Wildman–Crippen MR) is 80.5 cm³/mol. The molecule has 0 saturated heterocycles. The van der Waals surface area contributed by atoms with Gasteiger partial charge >= 0.3 is 0 Å². The van der Waals surface area contributed by atoms with Crippen LogP contribution >= 0.6 is 0 Å². The maximum Gasteiger partial charge on any atom is 0.224 e. The zero-order valence-electron chi connectivity index (χ0n) is 12.2. The molecule has 0 spiro atoms. The molecular formula is C16H21FN2O2. The summed E-state index contributed by atoms with van der Waals surface area (Å²) < 4.78 is 13.5. The fourth-order valence-corrected chi connectivity index (χ4v) is 2.75. The van der Waals surface area contributed by atoms with Gasteiger partial charge in [0.1, 0.15) is 5.82 Å². The standard InChI is InChI=1S/C16H21FN2O2/c1-11(20)18-15-10-13(7-8-14(15)17)19-16(21)9-6-12-4-2-3-5-12/h7-8,10,12H,2-6,9H2,1H3,(H,18,20)(H,19,21). The number of rotatable bonds is 5. The molecular weight excluding hydrogens is 271 g/mol. The van der Waals surface area contributed by atoms with Gasteiger partial charge < -0.3 is 10.6 Å². The molecule has 21 heavy (non-hydrogen) atoms. The maximum atomic E-state index is 13.5. The first kappa shape index (κ1) is 15.5. The molecule has 1 aliphatic rings. The van der Waals surface area contributed by atoms with Gasteiger partial charge in [0.25, 0.3) is 0 Å². The second kappa shape index (κ2) is 7.20. The molecule has 0 heterocycles. The number of nitrogens with one attached hydrogen (secondary N) is 2. The summed E-state index contributed by atoms with van der Waals surface area (Å²) in [5.74, 6) is -0.269. The summed E-state index contributed by atoms with van der Waals surface area (Å²) in [6, 6.07) is 4.16. The molecule has 1 saturated carbocycles. The van der Waals surface area contributed by atoms with E-state index in [2.05, 4.69) is 10.6 Å². The lowest BCUT2D eigenvalue weighted by Crippen LogP contribution is -2.14. The number of hydrogen-bond acceptors (Lipinski definition) is 2. The van der Waals surface area contributed by atoms with E-state index in [-0.39, 0.29) is 17.5 Å². The highest BCUT2D eigenvalue weighted by atomic mass is 19.1. The van der Waals surface area contributed by atoms with Gasteiger partial charge in [-0.1, -0.05) is 25.7 Å². The van der Waals surface area contributed by atoms with E-state index in [1.54, 1.807) is 0 Å². The maximum absolute atomic E-state index is 13.5. The molecule has 0 aromatic heterocycles. The molecule has 0 radical (unpaired) electrons. The monoisotopic (exact) mass is 292 g/mol. The van der Waals surface area contributed by atoms with Gasteiger partial charge in [-0.15, -0.1) is 0 Å². The highest BCUT2D eigenvalue weighted by Gasteiger charge is 2.16. The number of halogens is 1. The van der Waals surface area contributed by atoms with Crippen molar-refractivity contribution in [2.24, 2.45) is 5.92 Å². The van der Waals surface area contributed by atoms with Gasteiger partial charge in [0.15, 0.2) is 0 Å². The molecule has 0 bridgehead atoms. The summed E-state index contributed by atoms with van der Waals surface area (Å²) >= 11 is 0. The van der Waals surface area contributed by atoms with Crippen molar-refractivity contribution in [3.05, 3.63) is 24.0 Å². The number of benzene rings is 1. The summed E-state index contributed by atoms with van der Waals surface area (Å²) in [4.78, 5) is 22.9. The number of carbonyl (C=O) groups is 2. The molecule has 114 valence electrons. The Morgan fingerprint density at radius 3 is 2.62 bits per heavy atom. The van der Waals surface area contributed by atoms with Gasteiger partial charge in [-0.3, -0.25) is 9.59 Å². The average molecular weight is 292 g/mol. The Labute approximate surface area is 124 Å². The van der Waals surface area contributed by atoms with Crippen molar-refractivity contribution in [1.29, 1.82) is 0 Å². The van der Waals surface area contributed by atoms with Crippen molar-refractivity contribution in [2.75, 3.05) is 10.6 Å². The smallest absolute Gasteiger partial charge is 0.224 e. The van der Waals surface area contributed by atoms with Crippen LogP contribution in [0.2, 0.25) is 0 Å². The molecule has 1 aliphatic carbocycles. The van der Waals surface area contributed by atoms with Crippen LogP contribution in [0.4, 0.5) is 15.8 Å². The largest absolute Gasteiger partial charge is 0.326 e. The zero-order chi connectivity index (χ0) is 15.2. The minimum absolute atomic E-state index is 0.0673. The van der Waals surface area contributed by atoms with E-state index in [0.717, 1.165) is 6.42 Å². The third kappa shape index (κ3) is 4.85. The third-order valence-electron chi connectivity index (χ3n) is 3.82. The summed E-state index contributed by atoms with van der Waals surface area (Å²) in [6.07, 6.45) is 6.37. The SMILES string of the molecule is CC(=O)Nc1cc(NC(=O)CCC2CCCC2)ccc1F. The van der Waals surface area contributed by atoms with E-state index < -0.39 is 5.82 Å². The molecule has 0 atom stereocenters. The number of carbonyl (C=O) groups excluding carboxylic acids is 2. The molecule has 1 aromatic carbocycles. The van der Waals surface area contributed by atoms with Gasteiger partial charge in [-0.25, -0.2) is 4.39 Å². The van der Waals surface area contributed by atoms with Crippen molar-refractivity contribution in [3.8, 4) is 0 Å². The number of anilines is 2. The highest BCUT2D eigenvalue weighted by molar-refractivity contribution is 5.93. The zero-order valence-corrected chi connectivity index (χ0v) is 12.2. The Morgan fingerprint density at radius 1 is 1.24 bits per heavy atom. The number of hydrogen-bond donors (Lipinski definition) is 2. The van der Waals surface area contributed by atoms with Crippen LogP contribution in [0.25, 0.3) is 0 Å². The van der Waals surface area contributed by atoms with Crippen LogP contribution in [0.15, 0.2) is 18.2 Å². The second-order valence-corrected chi connectivity index (χ2v) is 5.61. The van der Waals surface area contributed by atoms with Crippen LogP contribution in [0.1, 0.15) is 45.4 Å². The first-order valence-corrected chi connectivity index (χ1v) is 7.41. The van der Waals surface area contributed by atoms with Crippen LogP contribution in [0.5, 0.6) is 0 Å². The molecule has 1 aromatic rings. The van der Waals surface area contributed by atoms with Gasteiger partial charge in [0.05, 0.1) is 5.69 Å². The quantitative estimate of drug-likeness (QED) is 0.869. The third-order valence-corrected chi connectivity index (χ3v) is 3.82. The second-order valence-electron chi connectivity index (χ2n) is 5.61. The summed E-state index contributed by atoms with van der Waals surface area (Å²) in [5.41, 5.74) is 0.577. The van der Waals surface area contributed by atoms with Crippen LogP contribution < -0.4 is 10.6 Å². The summed E-state index contributed by atoms with van der Waals surface area (Å²) in [6.45, 7) is 1.31. The van der Waals surface area contributed by atoms with E-state index in [4.69, 9.17) is 0 Å². The first-order chi connectivity index (χ1) is 10.0. The fourth-order valence-electron chi connectivity index (χ4n) is 2.75. The first-order valence-electron chi connectivity index (χ1n) is 7.41. The van der Waals surface area contributed by atoms with Gasteiger partial charge in [0, 0.05) is 19.0 Å². The number of amides is 2. The van der Waals surface area contributed by atoms with Crippen molar-refractivity contribution >= 4 is 23.2 Å². The van der Waals surface area contributed by atoms with Crippen molar-refractivity contribution in [3.63, 3.8) is 0 Å². The lowest BCUT2D eigenvalue weighted by atomic mass is 10.0. The lowest BCUT2D eigenvalue weighted by molar-refractivity contribution is -0.116. The molecule has 5 heteroatoms. The summed E-state index contributed by atoms with van der Waals surface area (Å²) in [5, 5.41) is 5.15.